The van der Waals surface area contributed by atoms with Crippen LogP contribution in [0.15, 0.2) is 12.7 Å². The van der Waals surface area contributed by atoms with E-state index in [0.717, 1.165) is 13.1 Å². The molecule has 0 aliphatic rings. The van der Waals surface area contributed by atoms with Crippen LogP contribution in [0.5, 0.6) is 0 Å². The fraction of sp³-hybridized carbons (Fsp3) is 0.875. The zero-order valence-electron chi connectivity index (χ0n) is 13.1. The number of hydrogen-bond donors (Lipinski definition) is 1. The summed E-state index contributed by atoms with van der Waals surface area (Å²) in [6, 6.07) is 0. The molecular formula is C16H34N2. The number of nitrogens with zero attached hydrogens (tertiary/aromatic N) is 1. The van der Waals surface area contributed by atoms with Gasteiger partial charge in [-0.25, -0.2) is 0 Å². The molecule has 0 aromatic heterocycles. The zero-order chi connectivity index (χ0) is 13.9. The molecule has 18 heavy (non-hydrogen) atoms. The lowest BCUT2D eigenvalue weighted by molar-refractivity contribution is 0.294. The normalized spacial score (nSPS) is 12.1. The van der Waals surface area contributed by atoms with Crippen LogP contribution < -0.4 is 5.32 Å². The second-order valence-corrected chi connectivity index (χ2v) is 6.18. The van der Waals surface area contributed by atoms with E-state index < -0.39 is 0 Å². The predicted molar refractivity (Wildman–Crippen MR) is 83.2 cm³/mol. The topological polar surface area (TPSA) is 15.3 Å². The molecule has 108 valence electrons. The van der Waals surface area contributed by atoms with Crippen molar-refractivity contribution in [3.8, 4) is 0 Å². The Hall–Kier alpha value is -0.340. The molecule has 0 aromatic rings. The Bertz CT molecular complexity index is 194. The lowest BCUT2D eigenvalue weighted by atomic mass is 10.1. The van der Waals surface area contributed by atoms with Crippen molar-refractivity contribution >= 4 is 0 Å². The summed E-state index contributed by atoms with van der Waals surface area (Å²) in [5.74, 6) is 0. The molecule has 0 saturated heterocycles. The molecule has 2 heteroatoms. The number of hydrogen-bond acceptors (Lipinski definition) is 2. The van der Waals surface area contributed by atoms with Crippen LogP contribution in [-0.2, 0) is 0 Å². The highest BCUT2D eigenvalue weighted by Crippen LogP contribution is 2.04. The SMILES string of the molecule is C=CCN(CCC)CCCCCCNC(C)(C)C. The maximum atomic E-state index is 3.82. The van der Waals surface area contributed by atoms with Gasteiger partial charge < -0.3 is 5.32 Å². The van der Waals surface area contributed by atoms with Gasteiger partial charge in [0.25, 0.3) is 0 Å². The molecule has 0 unspecified atom stereocenters. The summed E-state index contributed by atoms with van der Waals surface area (Å²) in [4.78, 5) is 2.50. The van der Waals surface area contributed by atoms with E-state index in [9.17, 15) is 0 Å². The molecule has 0 heterocycles. The van der Waals surface area contributed by atoms with Gasteiger partial charge in [-0.05, 0) is 59.7 Å². The Kier molecular flexibility index (Phi) is 10.4. The maximum Gasteiger partial charge on any atom is 0.0160 e. The van der Waals surface area contributed by atoms with Crippen molar-refractivity contribution in [3.05, 3.63) is 12.7 Å². The third kappa shape index (κ3) is 12.1. The summed E-state index contributed by atoms with van der Waals surface area (Å²) in [6.07, 6.45) is 8.57. The van der Waals surface area contributed by atoms with Gasteiger partial charge in [-0.1, -0.05) is 25.8 Å². The fourth-order valence-corrected chi connectivity index (χ4v) is 2.07. The minimum absolute atomic E-state index is 0.266. The van der Waals surface area contributed by atoms with Gasteiger partial charge in [-0.2, -0.15) is 0 Å². The van der Waals surface area contributed by atoms with Crippen LogP contribution in [0.2, 0.25) is 0 Å². The predicted octanol–water partition coefficient (Wildman–Crippen LogP) is 3.83. The highest BCUT2D eigenvalue weighted by Gasteiger charge is 2.07. The first-order chi connectivity index (χ1) is 8.49. The van der Waals surface area contributed by atoms with Crippen molar-refractivity contribution in [3.63, 3.8) is 0 Å². The average molecular weight is 254 g/mol. The zero-order valence-corrected chi connectivity index (χ0v) is 13.1. The fourth-order valence-electron chi connectivity index (χ4n) is 2.07. The highest BCUT2D eigenvalue weighted by atomic mass is 15.1. The molecule has 0 saturated carbocycles. The molecule has 0 bridgehead atoms. The Balaban J connectivity index is 3.40. The number of unbranched alkanes of at least 4 members (excludes halogenated alkanes) is 3. The van der Waals surface area contributed by atoms with Gasteiger partial charge in [-0.15, -0.1) is 6.58 Å². The molecule has 0 aromatic carbocycles. The van der Waals surface area contributed by atoms with Gasteiger partial charge in [0.2, 0.25) is 0 Å². The molecule has 0 spiro atoms. The van der Waals surface area contributed by atoms with Crippen molar-refractivity contribution in [1.82, 2.24) is 10.2 Å². The second-order valence-electron chi connectivity index (χ2n) is 6.18. The largest absolute Gasteiger partial charge is 0.312 e. The first kappa shape index (κ1) is 17.7. The van der Waals surface area contributed by atoms with E-state index in [1.54, 1.807) is 0 Å². The van der Waals surface area contributed by atoms with E-state index in [-0.39, 0.29) is 5.54 Å². The molecule has 2 nitrogen and oxygen atoms in total. The van der Waals surface area contributed by atoms with Crippen molar-refractivity contribution in [2.45, 2.75) is 65.3 Å². The van der Waals surface area contributed by atoms with Crippen LogP contribution in [-0.4, -0.2) is 36.6 Å². The first-order valence-electron chi connectivity index (χ1n) is 7.58. The highest BCUT2D eigenvalue weighted by molar-refractivity contribution is 4.73. The van der Waals surface area contributed by atoms with Crippen LogP contribution in [0.25, 0.3) is 0 Å². The quantitative estimate of drug-likeness (QED) is 0.445. The average Bonchev–Trinajstić information content (AvgIpc) is 2.26. The summed E-state index contributed by atoms with van der Waals surface area (Å²) in [7, 11) is 0. The summed E-state index contributed by atoms with van der Waals surface area (Å²) >= 11 is 0. The minimum Gasteiger partial charge on any atom is -0.312 e. The van der Waals surface area contributed by atoms with E-state index in [2.05, 4.69) is 44.5 Å². The van der Waals surface area contributed by atoms with Crippen molar-refractivity contribution in [2.24, 2.45) is 0 Å². The van der Waals surface area contributed by atoms with E-state index in [0.29, 0.717) is 0 Å². The third-order valence-corrected chi connectivity index (χ3v) is 2.98. The molecule has 0 rings (SSSR count). The van der Waals surface area contributed by atoms with Crippen LogP contribution in [0.4, 0.5) is 0 Å². The first-order valence-corrected chi connectivity index (χ1v) is 7.58. The van der Waals surface area contributed by atoms with E-state index in [4.69, 9.17) is 0 Å². The van der Waals surface area contributed by atoms with Crippen LogP contribution >= 0.6 is 0 Å². The Morgan fingerprint density at radius 3 is 2.28 bits per heavy atom. The maximum absolute atomic E-state index is 3.82. The molecule has 0 fully saturated rings. The van der Waals surface area contributed by atoms with Crippen LogP contribution in [0.3, 0.4) is 0 Å². The standard InChI is InChI=1S/C16H34N2/c1-6-13-18(14-7-2)15-11-9-8-10-12-17-16(3,4)5/h6,17H,1,7-15H2,2-5H3. The summed E-state index contributed by atoms with van der Waals surface area (Å²) in [5.41, 5.74) is 0.266. The number of rotatable bonds is 11. The van der Waals surface area contributed by atoms with Crippen LogP contribution in [0, 0.1) is 0 Å². The van der Waals surface area contributed by atoms with Gasteiger partial charge in [-0.3, -0.25) is 4.90 Å². The molecule has 0 amide bonds. The van der Waals surface area contributed by atoms with Gasteiger partial charge in [0.05, 0.1) is 0 Å². The van der Waals surface area contributed by atoms with Gasteiger partial charge in [0.1, 0.15) is 0 Å². The molecule has 0 aliphatic heterocycles. The molecular weight excluding hydrogens is 220 g/mol. The molecule has 0 atom stereocenters. The van der Waals surface area contributed by atoms with Gasteiger partial charge in [0, 0.05) is 12.1 Å². The lowest BCUT2D eigenvalue weighted by Crippen LogP contribution is -2.36. The van der Waals surface area contributed by atoms with E-state index in [1.807, 2.05) is 6.08 Å². The summed E-state index contributed by atoms with van der Waals surface area (Å²) < 4.78 is 0. The molecule has 1 N–H and O–H groups in total. The molecule has 0 aliphatic carbocycles. The monoisotopic (exact) mass is 254 g/mol. The smallest absolute Gasteiger partial charge is 0.0160 e. The lowest BCUT2D eigenvalue weighted by Gasteiger charge is -2.21. The van der Waals surface area contributed by atoms with Crippen molar-refractivity contribution in [1.29, 1.82) is 0 Å². The van der Waals surface area contributed by atoms with Crippen LogP contribution in [0.1, 0.15) is 59.8 Å². The van der Waals surface area contributed by atoms with Gasteiger partial charge in [0.15, 0.2) is 0 Å². The second kappa shape index (κ2) is 10.6. The van der Waals surface area contributed by atoms with Gasteiger partial charge >= 0.3 is 0 Å². The third-order valence-electron chi connectivity index (χ3n) is 2.98. The van der Waals surface area contributed by atoms with E-state index in [1.165, 1.54) is 45.2 Å². The van der Waals surface area contributed by atoms with E-state index >= 15 is 0 Å². The van der Waals surface area contributed by atoms with Crippen molar-refractivity contribution < 1.29 is 0 Å². The minimum atomic E-state index is 0.266. The Labute approximate surface area is 115 Å². The summed E-state index contributed by atoms with van der Waals surface area (Å²) in [5, 5.41) is 3.54. The number of nitrogens with one attached hydrogen (secondary N) is 1. The Morgan fingerprint density at radius 1 is 1.06 bits per heavy atom. The Morgan fingerprint density at radius 2 is 1.72 bits per heavy atom. The van der Waals surface area contributed by atoms with Crippen molar-refractivity contribution in [2.75, 3.05) is 26.2 Å². The molecule has 0 radical (unpaired) electrons. The summed E-state index contributed by atoms with van der Waals surface area (Å²) in [6.45, 7) is 17.4.